The van der Waals surface area contributed by atoms with Gasteiger partial charge in [0.25, 0.3) is 0 Å². The van der Waals surface area contributed by atoms with Gasteiger partial charge in [0.15, 0.2) is 11.5 Å². The number of carbonyl (C=O) groups is 1. The van der Waals surface area contributed by atoms with Crippen molar-refractivity contribution in [3.05, 3.63) is 18.2 Å². The second-order valence-corrected chi connectivity index (χ2v) is 3.26. The van der Waals surface area contributed by atoms with Gasteiger partial charge >= 0.3 is 12.3 Å². The second kappa shape index (κ2) is 4.08. The van der Waals surface area contributed by atoms with Crippen LogP contribution in [0.25, 0.3) is 0 Å². The van der Waals surface area contributed by atoms with Crippen LogP contribution in [-0.2, 0) is 9.53 Å². The molecule has 17 heavy (non-hydrogen) atoms. The van der Waals surface area contributed by atoms with Crippen LogP contribution in [0.4, 0.5) is 14.5 Å². The van der Waals surface area contributed by atoms with Gasteiger partial charge in [0.2, 0.25) is 0 Å². The van der Waals surface area contributed by atoms with Crippen LogP contribution >= 0.6 is 0 Å². The Morgan fingerprint density at radius 2 is 2.12 bits per heavy atom. The summed E-state index contributed by atoms with van der Waals surface area (Å²) in [5.41, 5.74) is 0.454. The monoisotopic (exact) mass is 245 g/mol. The van der Waals surface area contributed by atoms with Crippen molar-refractivity contribution in [1.29, 1.82) is 0 Å². The molecule has 0 fully saturated rings. The lowest BCUT2D eigenvalue weighted by molar-refractivity contribution is -0.286. The molecule has 0 aliphatic carbocycles. The van der Waals surface area contributed by atoms with Crippen molar-refractivity contribution in [3.8, 4) is 11.5 Å². The molecule has 2 rings (SSSR count). The Morgan fingerprint density at radius 3 is 2.82 bits per heavy atom. The number of esters is 1. The lowest BCUT2D eigenvalue weighted by atomic mass is 10.3. The Balaban J connectivity index is 2.06. The Kier molecular flexibility index (Phi) is 2.74. The van der Waals surface area contributed by atoms with E-state index in [9.17, 15) is 13.6 Å². The van der Waals surface area contributed by atoms with E-state index < -0.39 is 12.3 Å². The van der Waals surface area contributed by atoms with Crippen molar-refractivity contribution < 1.29 is 27.8 Å². The van der Waals surface area contributed by atoms with E-state index in [0.717, 1.165) is 0 Å². The highest BCUT2D eigenvalue weighted by atomic mass is 19.3. The number of fused-ring (bicyclic) bond motifs is 1. The fraction of sp³-hybridized carbons (Fsp3) is 0.300. The van der Waals surface area contributed by atoms with Crippen molar-refractivity contribution >= 4 is 11.7 Å². The highest BCUT2D eigenvalue weighted by Gasteiger charge is 2.43. The van der Waals surface area contributed by atoms with Crippen LogP contribution in [0.5, 0.6) is 11.5 Å². The number of carbonyl (C=O) groups excluding carboxylic acids is 1. The summed E-state index contributed by atoms with van der Waals surface area (Å²) in [5.74, 6) is -0.587. The van der Waals surface area contributed by atoms with Crippen LogP contribution in [0, 0.1) is 0 Å². The SMILES string of the molecule is COC(=O)CNc1ccc2c(c1)OC(F)(F)O2. The average molecular weight is 245 g/mol. The predicted octanol–water partition coefficient (Wildman–Crippen LogP) is 1.59. The van der Waals surface area contributed by atoms with Gasteiger partial charge in [-0.1, -0.05) is 0 Å². The summed E-state index contributed by atoms with van der Waals surface area (Å²) in [4.78, 5) is 10.9. The van der Waals surface area contributed by atoms with Gasteiger partial charge in [0, 0.05) is 11.8 Å². The van der Waals surface area contributed by atoms with Crippen molar-refractivity contribution in [2.75, 3.05) is 19.0 Å². The maximum Gasteiger partial charge on any atom is 0.586 e. The number of hydrogen-bond donors (Lipinski definition) is 1. The van der Waals surface area contributed by atoms with Gasteiger partial charge in [-0.2, -0.15) is 0 Å². The number of nitrogens with one attached hydrogen (secondary N) is 1. The molecule has 0 spiro atoms. The van der Waals surface area contributed by atoms with E-state index in [-0.39, 0.29) is 18.0 Å². The zero-order chi connectivity index (χ0) is 12.5. The number of benzene rings is 1. The van der Waals surface area contributed by atoms with Crippen LogP contribution in [0.2, 0.25) is 0 Å². The van der Waals surface area contributed by atoms with E-state index in [1.54, 1.807) is 0 Å². The zero-order valence-corrected chi connectivity index (χ0v) is 8.83. The molecule has 1 aliphatic heterocycles. The first-order valence-corrected chi connectivity index (χ1v) is 4.71. The van der Waals surface area contributed by atoms with Gasteiger partial charge in [-0.25, -0.2) is 0 Å². The third-order valence-electron chi connectivity index (χ3n) is 2.07. The van der Waals surface area contributed by atoms with Crippen LogP contribution in [0.1, 0.15) is 0 Å². The van der Waals surface area contributed by atoms with Crippen molar-refractivity contribution in [3.63, 3.8) is 0 Å². The van der Waals surface area contributed by atoms with E-state index >= 15 is 0 Å². The largest absolute Gasteiger partial charge is 0.586 e. The van der Waals surface area contributed by atoms with Crippen LogP contribution in [0.15, 0.2) is 18.2 Å². The summed E-state index contributed by atoms with van der Waals surface area (Å²) < 4.78 is 38.3. The number of ether oxygens (including phenoxy) is 3. The number of methoxy groups -OCH3 is 1. The van der Waals surface area contributed by atoms with Gasteiger partial charge in [-0.3, -0.25) is 4.79 Å². The van der Waals surface area contributed by atoms with E-state index in [1.807, 2.05) is 0 Å². The fourth-order valence-electron chi connectivity index (χ4n) is 1.31. The number of rotatable bonds is 3. The van der Waals surface area contributed by atoms with Crippen molar-refractivity contribution in [2.24, 2.45) is 0 Å². The van der Waals surface area contributed by atoms with Gasteiger partial charge < -0.3 is 19.5 Å². The standard InChI is InChI=1S/C10H9F2NO4/c1-15-9(14)5-13-6-2-3-7-8(4-6)17-10(11,12)16-7/h2-4,13H,5H2,1H3. The molecular weight excluding hydrogens is 236 g/mol. The minimum Gasteiger partial charge on any atom is -0.468 e. The van der Waals surface area contributed by atoms with Gasteiger partial charge in [-0.15, -0.1) is 8.78 Å². The minimum absolute atomic E-state index is 0.0429. The summed E-state index contributed by atoms with van der Waals surface area (Å²) in [6.45, 7) is -0.0630. The second-order valence-electron chi connectivity index (χ2n) is 3.26. The Labute approximate surface area is 95.3 Å². The molecule has 0 saturated heterocycles. The van der Waals surface area contributed by atoms with E-state index in [2.05, 4.69) is 19.5 Å². The number of anilines is 1. The molecule has 92 valence electrons. The smallest absolute Gasteiger partial charge is 0.468 e. The summed E-state index contributed by atoms with van der Waals surface area (Å²) in [6, 6.07) is 4.14. The maximum absolute atomic E-state index is 12.7. The van der Waals surface area contributed by atoms with E-state index in [4.69, 9.17) is 0 Å². The molecule has 7 heteroatoms. The van der Waals surface area contributed by atoms with Gasteiger partial charge in [0.1, 0.15) is 6.54 Å². The number of halogens is 2. The molecule has 0 bridgehead atoms. The molecule has 1 aliphatic rings. The van der Waals surface area contributed by atoms with Gasteiger partial charge in [-0.05, 0) is 12.1 Å². The molecule has 0 aromatic heterocycles. The fourth-order valence-corrected chi connectivity index (χ4v) is 1.31. The Morgan fingerprint density at radius 1 is 1.41 bits per heavy atom. The predicted molar refractivity (Wildman–Crippen MR) is 53.2 cm³/mol. The first-order valence-electron chi connectivity index (χ1n) is 4.71. The Hall–Kier alpha value is -2.05. The molecule has 0 atom stereocenters. The summed E-state index contributed by atoms with van der Waals surface area (Å²) in [7, 11) is 1.25. The van der Waals surface area contributed by atoms with Crippen molar-refractivity contribution in [2.45, 2.75) is 6.29 Å². The lowest BCUT2D eigenvalue weighted by Crippen LogP contribution is -2.25. The molecular formula is C10H9F2NO4. The first kappa shape index (κ1) is 11.4. The molecule has 1 aromatic rings. The molecule has 1 N–H and O–H groups in total. The topological polar surface area (TPSA) is 56.8 Å². The maximum atomic E-state index is 12.7. The summed E-state index contributed by atoms with van der Waals surface area (Å²) in [6.07, 6.45) is -3.64. The molecule has 0 unspecified atom stereocenters. The lowest BCUT2D eigenvalue weighted by Gasteiger charge is -2.05. The quantitative estimate of drug-likeness (QED) is 0.819. The third-order valence-corrected chi connectivity index (χ3v) is 2.07. The molecule has 5 nitrogen and oxygen atoms in total. The third kappa shape index (κ3) is 2.55. The number of alkyl halides is 2. The van der Waals surface area contributed by atoms with Crippen LogP contribution < -0.4 is 14.8 Å². The van der Waals surface area contributed by atoms with Crippen molar-refractivity contribution in [1.82, 2.24) is 0 Å². The molecule has 0 radical (unpaired) electrons. The summed E-state index contributed by atoms with van der Waals surface area (Å²) in [5, 5.41) is 2.70. The molecule has 0 saturated carbocycles. The van der Waals surface area contributed by atoms with Crippen LogP contribution in [-0.4, -0.2) is 25.9 Å². The first-order chi connectivity index (χ1) is 8.00. The number of hydrogen-bond acceptors (Lipinski definition) is 5. The van der Waals surface area contributed by atoms with E-state index in [0.29, 0.717) is 5.69 Å². The highest BCUT2D eigenvalue weighted by Crippen LogP contribution is 2.42. The minimum atomic E-state index is -3.64. The molecule has 0 amide bonds. The highest BCUT2D eigenvalue weighted by molar-refractivity contribution is 5.75. The summed E-state index contributed by atoms with van der Waals surface area (Å²) >= 11 is 0. The Bertz CT molecular complexity index is 450. The van der Waals surface area contributed by atoms with Gasteiger partial charge in [0.05, 0.1) is 7.11 Å². The van der Waals surface area contributed by atoms with E-state index in [1.165, 1.54) is 25.3 Å². The average Bonchev–Trinajstić information content (AvgIpc) is 2.58. The van der Waals surface area contributed by atoms with Crippen LogP contribution in [0.3, 0.4) is 0 Å². The molecule has 1 heterocycles. The zero-order valence-electron chi connectivity index (χ0n) is 8.83. The normalized spacial score (nSPS) is 15.5. The molecule has 1 aromatic carbocycles.